The van der Waals surface area contributed by atoms with Gasteiger partial charge in [-0.05, 0) is 36.9 Å². The van der Waals surface area contributed by atoms with Crippen LogP contribution in [-0.2, 0) is 0 Å². The number of aromatic amines is 1. The third-order valence-electron chi connectivity index (χ3n) is 2.50. The van der Waals surface area contributed by atoms with Gasteiger partial charge in [0.05, 0.1) is 4.90 Å². The van der Waals surface area contributed by atoms with E-state index in [4.69, 9.17) is 0 Å². The molecular weight excluding hydrogens is 208 g/mol. The first-order valence-corrected chi connectivity index (χ1v) is 6.21. The molecule has 0 unspecified atom stereocenters. The van der Waals surface area contributed by atoms with Crippen LogP contribution in [0.4, 0.5) is 0 Å². The van der Waals surface area contributed by atoms with Crippen LogP contribution in [0.25, 0.3) is 5.57 Å². The summed E-state index contributed by atoms with van der Waals surface area (Å²) in [5, 5.41) is 3.25. The van der Waals surface area contributed by atoms with Gasteiger partial charge in [0.2, 0.25) is 0 Å². The van der Waals surface area contributed by atoms with Gasteiger partial charge in [-0.15, -0.1) is 11.8 Å². The number of thioether (sulfide) groups is 1. The maximum absolute atomic E-state index is 11.6. The van der Waals surface area contributed by atoms with Gasteiger partial charge in [0.15, 0.2) is 0 Å². The number of H-pyrrole nitrogens is 1. The number of hydrogen-bond donors (Lipinski definition) is 2. The first kappa shape index (κ1) is 10.5. The second kappa shape index (κ2) is 4.68. The van der Waals surface area contributed by atoms with E-state index in [1.807, 2.05) is 18.4 Å². The van der Waals surface area contributed by atoms with Crippen LogP contribution in [0.2, 0.25) is 0 Å². The Hall–Kier alpha value is -1.00. The summed E-state index contributed by atoms with van der Waals surface area (Å²) < 4.78 is 0. The van der Waals surface area contributed by atoms with E-state index in [2.05, 4.69) is 16.4 Å². The predicted octanol–water partition coefficient (Wildman–Crippen LogP) is 1.47. The fourth-order valence-corrected chi connectivity index (χ4v) is 2.12. The number of rotatable bonds is 2. The Labute approximate surface area is 93.0 Å². The van der Waals surface area contributed by atoms with E-state index in [1.165, 1.54) is 17.3 Å². The first-order valence-electron chi connectivity index (χ1n) is 4.98. The highest BCUT2D eigenvalue weighted by Crippen LogP contribution is 2.17. The molecule has 3 nitrogen and oxygen atoms in total. The van der Waals surface area contributed by atoms with Crippen molar-refractivity contribution >= 4 is 17.3 Å². The molecule has 0 bridgehead atoms. The lowest BCUT2D eigenvalue weighted by molar-refractivity contribution is 0.736. The molecule has 0 radical (unpaired) electrons. The number of aromatic nitrogens is 1. The van der Waals surface area contributed by atoms with Gasteiger partial charge < -0.3 is 10.3 Å². The van der Waals surface area contributed by atoms with Crippen molar-refractivity contribution in [2.45, 2.75) is 11.3 Å². The highest BCUT2D eigenvalue weighted by atomic mass is 32.2. The lowest BCUT2D eigenvalue weighted by Crippen LogP contribution is -2.21. The summed E-state index contributed by atoms with van der Waals surface area (Å²) in [6.45, 7) is 1.87. The zero-order valence-electron chi connectivity index (χ0n) is 8.67. The molecule has 0 atom stereocenters. The van der Waals surface area contributed by atoms with Crippen molar-refractivity contribution in [3.63, 3.8) is 0 Å². The third kappa shape index (κ3) is 2.33. The molecule has 0 aliphatic carbocycles. The second-order valence-corrected chi connectivity index (χ2v) is 4.30. The maximum atomic E-state index is 11.6. The molecule has 4 heteroatoms. The van der Waals surface area contributed by atoms with Crippen LogP contribution in [0, 0.1) is 0 Å². The normalized spacial score (nSPS) is 16.2. The number of pyridine rings is 1. The van der Waals surface area contributed by atoms with Gasteiger partial charge in [-0.2, -0.15) is 0 Å². The highest BCUT2D eigenvalue weighted by molar-refractivity contribution is 7.98. The smallest absolute Gasteiger partial charge is 0.262 e. The summed E-state index contributed by atoms with van der Waals surface area (Å²) in [4.78, 5) is 15.3. The van der Waals surface area contributed by atoms with Crippen LogP contribution < -0.4 is 10.9 Å². The second-order valence-electron chi connectivity index (χ2n) is 3.45. The molecule has 0 saturated heterocycles. The Balaban J connectivity index is 2.33. The van der Waals surface area contributed by atoms with Gasteiger partial charge >= 0.3 is 0 Å². The zero-order chi connectivity index (χ0) is 10.7. The fraction of sp³-hybridized carbons (Fsp3) is 0.364. The molecule has 80 valence electrons. The summed E-state index contributed by atoms with van der Waals surface area (Å²) in [7, 11) is 0. The van der Waals surface area contributed by atoms with E-state index in [9.17, 15) is 4.79 Å². The third-order valence-corrected chi connectivity index (χ3v) is 3.26. The molecule has 2 heterocycles. The van der Waals surface area contributed by atoms with E-state index >= 15 is 0 Å². The molecule has 0 saturated carbocycles. The van der Waals surface area contributed by atoms with Crippen molar-refractivity contribution in [3.8, 4) is 0 Å². The minimum absolute atomic E-state index is 0.0134. The van der Waals surface area contributed by atoms with Crippen LogP contribution in [0.5, 0.6) is 0 Å². The van der Waals surface area contributed by atoms with Crippen molar-refractivity contribution in [2.75, 3.05) is 19.3 Å². The Morgan fingerprint density at radius 2 is 2.27 bits per heavy atom. The van der Waals surface area contributed by atoms with Gasteiger partial charge in [-0.3, -0.25) is 4.79 Å². The Morgan fingerprint density at radius 3 is 2.87 bits per heavy atom. The lowest BCUT2D eigenvalue weighted by atomic mass is 10.1. The average molecular weight is 222 g/mol. The molecule has 1 aliphatic rings. The van der Waals surface area contributed by atoms with Gasteiger partial charge in [0.1, 0.15) is 0 Å². The van der Waals surface area contributed by atoms with Gasteiger partial charge in [0, 0.05) is 12.2 Å². The molecule has 15 heavy (non-hydrogen) atoms. The maximum Gasteiger partial charge on any atom is 0.262 e. The van der Waals surface area contributed by atoms with Gasteiger partial charge in [-0.25, -0.2) is 0 Å². The van der Waals surface area contributed by atoms with Gasteiger partial charge in [0.25, 0.3) is 5.56 Å². The van der Waals surface area contributed by atoms with Crippen molar-refractivity contribution < 1.29 is 0 Å². The molecule has 1 aromatic rings. The average Bonchev–Trinajstić information content (AvgIpc) is 2.30. The van der Waals surface area contributed by atoms with E-state index in [-0.39, 0.29) is 5.56 Å². The van der Waals surface area contributed by atoms with Crippen LogP contribution >= 0.6 is 11.8 Å². The minimum atomic E-state index is 0.0134. The van der Waals surface area contributed by atoms with Crippen LogP contribution in [-0.4, -0.2) is 24.3 Å². The molecule has 0 aromatic carbocycles. The first-order chi connectivity index (χ1) is 7.31. The zero-order valence-corrected chi connectivity index (χ0v) is 9.49. The van der Waals surface area contributed by atoms with Crippen molar-refractivity contribution in [1.82, 2.24) is 10.3 Å². The monoisotopic (exact) mass is 222 g/mol. The van der Waals surface area contributed by atoms with E-state index in [1.54, 1.807) is 0 Å². The molecule has 1 aromatic heterocycles. The summed E-state index contributed by atoms with van der Waals surface area (Å²) in [6, 6.07) is 3.88. The molecule has 0 fully saturated rings. The van der Waals surface area contributed by atoms with Crippen LogP contribution in [0.15, 0.2) is 27.9 Å². The number of nitrogens with one attached hydrogen (secondary N) is 2. The van der Waals surface area contributed by atoms with E-state index in [0.717, 1.165) is 30.1 Å². The van der Waals surface area contributed by atoms with Crippen molar-refractivity contribution in [3.05, 3.63) is 34.3 Å². The molecular formula is C11H14N2OS. The molecule has 2 N–H and O–H groups in total. The Kier molecular flexibility index (Phi) is 3.28. The summed E-state index contributed by atoms with van der Waals surface area (Å²) in [6.07, 6.45) is 5.02. The van der Waals surface area contributed by atoms with E-state index < -0.39 is 0 Å². The van der Waals surface area contributed by atoms with Crippen LogP contribution in [0.3, 0.4) is 0 Å². The predicted molar refractivity (Wildman–Crippen MR) is 64.3 cm³/mol. The fourth-order valence-electron chi connectivity index (χ4n) is 1.68. The Bertz CT molecular complexity index is 436. The van der Waals surface area contributed by atoms with Crippen molar-refractivity contribution in [1.29, 1.82) is 0 Å². The molecule has 2 rings (SSSR count). The Morgan fingerprint density at radius 1 is 1.40 bits per heavy atom. The molecule has 0 amide bonds. The van der Waals surface area contributed by atoms with Crippen LogP contribution in [0.1, 0.15) is 12.1 Å². The SMILES string of the molecule is CSc1ccc(C2=CCNCC2)[nH]c1=O. The molecule has 0 spiro atoms. The minimum Gasteiger partial charge on any atom is -0.321 e. The van der Waals surface area contributed by atoms with Gasteiger partial charge in [-0.1, -0.05) is 6.08 Å². The topological polar surface area (TPSA) is 44.9 Å². The lowest BCUT2D eigenvalue weighted by Gasteiger charge is -2.13. The summed E-state index contributed by atoms with van der Waals surface area (Å²) >= 11 is 1.48. The largest absolute Gasteiger partial charge is 0.321 e. The quantitative estimate of drug-likeness (QED) is 0.745. The highest BCUT2D eigenvalue weighted by Gasteiger charge is 2.07. The number of hydrogen-bond acceptors (Lipinski definition) is 3. The summed E-state index contributed by atoms with van der Waals surface area (Å²) in [5.41, 5.74) is 2.21. The summed E-state index contributed by atoms with van der Waals surface area (Å²) in [5.74, 6) is 0. The van der Waals surface area contributed by atoms with E-state index in [0.29, 0.717) is 0 Å². The van der Waals surface area contributed by atoms with Crippen molar-refractivity contribution in [2.24, 2.45) is 0 Å². The molecule has 1 aliphatic heterocycles. The standard InChI is InChI=1S/C11H14N2OS/c1-15-10-3-2-9(13-11(10)14)8-4-6-12-7-5-8/h2-4,12H,5-7H2,1H3,(H,13,14).